The van der Waals surface area contributed by atoms with E-state index in [1.807, 2.05) is 13.8 Å². The quantitative estimate of drug-likeness (QED) is 0.628. The Bertz CT molecular complexity index is 538. The third kappa shape index (κ3) is 3.31. The highest BCUT2D eigenvalue weighted by Gasteiger charge is 2.13. The number of anilines is 2. The van der Waals surface area contributed by atoms with Crippen molar-refractivity contribution in [1.82, 2.24) is 19.9 Å². The Morgan fingerprint density at radius 2 is 2.16 bits per heavy atom. The summed E-state index contributed by atoms with van der Waals surface area (Å²) >= 11 is 0. The second-order valence-corrected chi connectivity index (χ2v) is 4.66. The van der Waals surface area contributed by atoms with Crippen LogP contribution in [0.3, 0.4) is 0 Å². The third-order valence-electron chi connectivity index (χ3n) is 2.70. The number of imidazole rings is 1. The first-order chi connectivity index (χ1) is 9.10. The molecule has 0 bridgehead atoms. The van der Waals surface area contributed by atoms with Crippen LogP contribution in [-0.2, 0) is 0 Å². The maximum atomic E-state index is 9.41. The fourth-order valence-electron chi connectivity index (χ4n) is 1.98. The Balaban J connectivity index is 2.26. The van der Waals surface area contributed by atoms with E-state index < -0.39 is 0 Å². The van der Waals surface area contributed by atoms with Crippen molar-refractivity contribution >= 4 is 22.9 Å². The number of nitrogens with zero attached hydrogens (tertiary/aromatic N) is 3. The van der Waals surface area contributed by atoms with Gasteiger partial charge in [-0.25, -0.2) is 4.98 Å². The van der Waals surface area contributed by atoms with Crippen LogP contribution in [0, 0.1) is 0 Å². The van der Waals surface area contributed by atoms with Crippen molar-refractivity contribution in [3.05, 3.63) is 6.33 Å². The van der Waals surface area contributed by atoms with Crippen molar-refractivity contribution in [2.75, 3.05) is 17.2 Å². The van der Waals surface area contributed by atoms with E-state index in [9.17, 15) is 5.11 Å². The number of rotatable bonds is 6. The van der Waals surface area contributed by atoms with Crippen LogP contribution < -0.4 is 10.6 Å². The Labute approximate surface area is 111 Å². The number of aromatic nitrogens is 4. The number of aliphatic hydroxyl groups is 1. The molecule has 0 aliphatic rings. The van der Waals surface area contributed by atoms with Crippen LogP contribution in [0.5, 0.6) is 0 Å². The summed E-state index contributed by atoms with van der Waals surface area (Å²) in [5.41, 5.74) is 1.40. The lowest BCUT2D eigenvalue weighted by Gasteiger charge is -2.16. The van der Waals surface area contributed by atoms with Crippen LogP contribution in [0.25, 0.3) is 11.2 Å². The first kappa shape index (κ1) is 13.5. The highest BCUT2D eigenvalue weighted by atomic mass is 16.3. The van der Waals surface area contributed by atoms with Crippen molar-refractivity contribution in [1.29, 1.82) is 0 Å². The maximum absolute atomic E-state index is 9.41. The summed E-state index contributed by atoms with van der Waals surface area (Å²) in [6.07, 6.45) is 1.89. The summed E-state index contributed by atoms with van der Waals surface area (Å²) < 4.78 is 0. The van der Waals surface area contributed by atoms with Crippen molar-refractivity contribution in [2.45, 2.75) is 39.3 Å². The van der Waals surface area contributed by atoms with Gasteiger partial charge in [0.05, 0.1) is 12.4 Å². The van der Waals surface area contributed by atoms with Gasteiger partial charge >= 0.3 is 0 Å². The number of hydrogen-bond acceptors (Lipinski definition) is 6. The smallest absolute Gasteiger partial charge is 0.226 e. The second-order valence-electron chi connectivity index (χ2n) is 4.66. The molecule has 104 valence electrons. The predicted octanol–water partition coefficient (Wildman–Crippen LogP) is 1.36. The van der Waals surface area contributed by atoms with E-state index in [0.717, 1.165) is 12.1 Å². The molecule has 0 amide bonds. The molecule has 2 aromatic rings. The van der Waals surface area contributed by atoms with Gasteiger partial charge < -0.3 is 20.7 Å². The van der Waals surface area contributed by atoms with Gasteiger partial charge in [0.15, 0.2) is 11.5 Å². The third-order valence-corrected chi connectivity index (χ3v) is 2.70. The van der Waals surface area contributed by atoms with Gasteiger partial charge in [-0.1, -0.05) is 0 Å². The highest BCUT2D eigenvalue weighted by molar-refractivity contribution is 5.83. The molecule has 2 unspecified atom stereocenters. The second kappa shape index (κ2) is 5.83. The molecule has 0 aliphatic carbocycles. The SMILES string of the molecule is CCNc1nc(NC(C)CC(C)O)c2[nH]cnc2n1. The van der Waals surface area contributed by atoms with E-state index in [1.54, 1.807) is 13.3 Å². The van der Waals surface area contributed by atoms with Crippen molar-refractivity contribution in [3.8, 4) is 0 Å². The molecule has 4 N–H and O–H groups in total. The molecular weight excluding hydrogens is 244 g/mol. The Morgan fingerprint density at radius 1 is 1.37 bits per heavy atom. The molecule has 0 saturated carbocycles. The number of H-pyrrole nitrogens is 1. The normalized spacial score (nSPS) is 14.3. The minimum absolute atomic E-state index is 0.107. The highest BCUT2D eigenvalue weighted by Crippen LogP contribution is 2.20. The number of hydrogen-bond donors (Lipinski definition) is 4. The molecule has 7 nitrogen and oxygen atoms in total. The van der Waals surface area contributed by atoms with E-state index >= 15 is 0 Å². The lowest BCUT2D eigenvalue weighted by Crippen LogP contribution is -2.21. The number of fused-ring (bicyclic) bond motifs is 1. The summed E-state index contributed by atoms with van der Waals surface area (Å²) in [5, 5.41) is 15.8. The molecule has 19 heavy (non-hydrogen) atoms. The number of aliphatic hydroxyl groups excluding tert-OH is 1. The van der Waals surface area contributed by atoms with Gasteiger partial charge in [0.25, 0.3) is 0 Å². The van der Waals surface area contributed by atoms with Crippen molar-refractivity contribution < 1.29 is 5.11 Å². The molecule has 0 saturated heterocycles. The van der Waals surface area contributed by atoms with Crippen molar-refractivity contribution in [2.24, 2.45) is 0 Å². The molecule has 2 atom stereocenters. The van der Waals surface area contributed by atoms with E-state index in [4.69, 9.17) is 0 Å². The number of nitrogens with one attached hydrogen (secondary N) is 3. The largest absolute Gasteiger partial charge is 0.393 e. The van der Waals surface area contributed by atoms with Gasteiger partial charge in [-0.15, -0.1) is 0 Å². The first-order valence-corrected chi connectivity index (χ1v) is 6.49. The van der Waals surface area contributed by atoms with Gasteiger partial charge in [-0.2, -0.15) is 9.97 Å². The monoisotopic (exact) mass is 264 g/mol. The summed E-state index contributed by atoms with van der Waals surface area (Å²) in [4.78, 5) is 15.9. The van der Waals surface area contributed by atoms with Gasteiger partial charge in [0.1, 0.15) is 5.52 Å². The van der Waals surface area contributed by atoms with Crippen molar-refractivity contribution in [3.63, 3.8) is 0 Å². The van der Waals surface area contributed by atoms with E-state index in [-0.39, 0.29) is 12.1 Å². The standard InChI is InChI=1S/C12H20N6O/c1-4-13-12-17-10-9(14-6-15-10)11(18-12)16-7(2)5-8(3)19/h6-8,19H,4-5H2,1-3H3,(H3,13,14,15,16,17,18). The lowest BCUT2D eigenvalue weighted by atomic mass is 10.1. The summed E-state index contributed by atoms with van der Waals surface area (Å²) in [6, 6.07) is 0.107. The predicted molar refractivity (Wildman–Crippen MR) is 75.2 cm³/mol. The van der Waals surface area contributed by atoms with Crippen LogP contribution in [0.4, 0.5) is 11.8 Å². The zero-order valence-corrected chi connectivity index (χ0v) is 11.4. The first-order valence-electron chi connectivity index (χ1n) is 6.49. The molecule has 2 aromatic heterocycles. The minimum Gasteiger partial charge on any atom is -0.393 e. The molecule has 0 spiro atoms. The van der Waals surface area contributed by atoms with Crippen LogP contribution in [-0.4, -0.2) is 43.7 Å². The van der Waals surface area contributed by atoms with Gasteiger partial charge in [-0.05, 0) is 27.2 Å². The zero-order chi connectivity index (χ0) is 13.8. The van der Waals surface area contributed by atoms with Crippen LogP contribution in [0.2, 0.25) is 0 Å². The van der Waals surface area contributed by atoms with E-state index in [1.165, 1.54) is 0 Å². The van der Waals surface area contributed by atoms with Crippen LogP contribution in [0.1, 0.15) is 27.2 Å². The number of aromatic amines is 1. The Hall–Kier alpha value is -1.89. The molecule has 2 rings (SSSR count). The van der Waals surface area contributed by atoms with E-state index in [2.05, 4.69) is 30.6 Å². The van der Waals surface area contributed by atoms with Crippen LogP contribution >= 0.6 is 0 Å². The van der Waals surface area contributed by atoms with Gasteiger partial charge in [0.2, 0.25) is 5.95 Å². The molecule has 7 heteroatoms. The average molecular weight is 264 g/mol. The van der Waals surface area contributed by atoms with Gasteiger partial charge in [0, 0.05) is 12.6 Å². The molecule has 0 aliphatic heterocycles. The fraction of sp³-hybridized carbons (Fsp3) is 0.583. The Morgan fingerprint density at radius 3 is 2.84 bits per heavy atom. The fourth-order valence-corrected chi connectivity index (χ4v) is 1.98. The maximum Gasteiger partial charge on any atom is 0.226 e. The molecule has 0 fully saturated rings. The minimum atomic E-state index is -0.352. The summed E-state index contributed by atoms with van der Waals surface area (Å²) in [6.45, 7) is 6.51. The zero-order valence-electron chi connectivity index (χ0n) is 11.4. The Kier molecular flexibility index (Phi) is 4.16. The molecular formula is C12H20N6O. The van der Waals surface area contributed by atoms with Crippen LogP contribution in [0.15, 0.2) is 6.33 Å². The summed E-state index contributed by atoms with van der Waals surface area (Å²) in [7, 11) is 0. The average Bonchev–Trinajstić information content (AvgIpc) is 2.76. The molecule has 0 radical (unpaired) electrons. The molecule has 2 heterocycles. The van der Waals surface area contributed by atoms with E-state index in [0.29, 0.717) is 23.8 Å². The molecule has 0 aromatic carbocycles. The summed E-state index contributed by atoms with van der Waals surface area (Å²) in [5.74, 6) is 1.25. The lowest BCUT2D eigenvalue weighted by molar-refractivity contribution is 0.179. The topological polar surface area (TPSA) is 98.8 Å². The van der Waals surface area contributed by atoms with Gasteiger partial charge in [-0.3, -0.25) is 0 Å².